The lowest BCUT2D eigenvalue weighted by Crippen LogP contribution is -2.34. The van der Waals surface area contributed by atoms with Gasteiger partial charge in [-0.15, -0.1) is 0 Å². The zero-order valence-electron chi connectivity index (χ0n) is 15.3. The molecule has 5 rings (SSSR count). The first-order valence-corrected chi connectivity index (χ1v) is 9.60. The van der Waals surface area contributed by atoms with E-state index in [0.29, 0.717) is 6.42 Å². The number of aliphatic hydroxyl groups excluding tert-OH is 1. The van der Waals surface area contributed by atoms with Gasteiger partial charge in [0.05, 0.1) is 12.1 Å². The minimum Gasteiger partial charge on any atom is -0.449 e. The molecule has 4 nitrogen and oxygen atoms in total. The number of fused-ring (bicyclic) bond motifs is 4. The first kappa shape index (κ1) is 17.0. The van der Waals surface area contributed by atoms with Crippen LogP contribution in [-0.2, 0) is 11.2 Å². The Hall–Kier alpha value is -3.11. The number of carbonyl (C=O) groups is 1. The molecule has 0 saturated carbocycles. The fraction of sp³-hybridized carbons (Fsp3) is 0.208. The Bertz CT molecular complexity index is 1000. The van der Waals surface area contributed by atoms with Gasteiger partial charge in [0.15, 0.2) is 0 Å². The second kappa shape index (κ2) is 6.80. The second-order valence-electron chi connectivity index (χ2n) is 7.42. The molecular formula is C24H21NO3. The van der Waals surface area contributed by atoms with Crippen molar-refractivity contribution >= 4 is 6.09 Å². The van der Waals surface area contributed by atoms with E-state index in [1.807, 2.05) is 48.5 Å². The van der Waals surface area contributed by atoms with E-state index < -0.39 is 18.2 Å². The SMILES string of the molecule is O=C(N[C@@H]1c2ccccc2C[C@@H]1O)OCC1c2ccccc2-c2ccccc21. The average molecular weight is 371 g/mol. The van der Waals surface area contributed by atoms with E-state index in [2.05, 4.69) is 29.6 Å². The summed E-state index contributed by atoms with van der Waals surface area (Å²) in [5, 5.41) is 13.2. The maximum Gasteiger partial charge on any atom is 0.407 e. The zero-order valence-corrected chi connectivity index (χ0v) is 15.3. The average Bonchev–Trinajstić information content (AvgIpc) is 3.21. The molecule has 2 N–H and O–H groups in total. The molecule has 0 unspecified atom stereocenters. The van der Waals surface area contributed by atoms with Crippen LogP contribution in [0.2, 0.25) is 0 Å². The molecule has 140 valence electrons. The summed E-state index contributed by atoms with van der Waals surface area (Å²) in [5.74, 6) is 0.0268. The number of nitrogens with one attached hydrogen (secondary N) is 1. The quantitative estimate of drug-likeness (QED) is 0.726. The van der Waals surface area contributed by atoms with E-state index >= 15 is 0 Å². The van der Waals surface area contributed by atoms with Gasteiger partial charge in [0, 0.05) is 12.3 Å². The van der Waals surface area contributed by atoms with Gasteiger partial charge in [-0.25, -0.2) is 4.79 Å². The summed E-state index contributed by atoms with van der Waals surface area (Å²) < 4.78 is 5.60. The van der Waals surface area contributed by atoms with Crippen LogP contribution in [0.5, 0.6) is 0 Å². The molecule has 4 heteroatoms. The number of rotatable bonds is 3. The molecule has 3 aromatic rings. The Morgan fingerprint density at radius 2 is 1.46 bits per heavy atom. The zero-order chi connectivity index (χ0) is 19.1. The molecule has 3 aromatic carbocycles. The summed E-state index contributed by atoms with van der Waals surface area (Å²) in [6, 6.07) is 23.9. The van der Waals surface area contributed by atoms with E-state index in [1.165, 1.54) is 22.3 Å². The molecule has 0 aromatic heterocycles. The molecule has 0 radical (unpaired) electrons. The van der Waals surface area contributed by atoms with Crippen LogP contribution in [0.25, 0.3) is 11.1 Å². The van der Waals surface area contributed by atoms with E-state index in [4.69, 9.17) is 4.74 Å². The number of carbonyl (C=O) groups excluding carboxylic acids is 1. The lowest BCUT2D eigenvalue weighted by molar-refractivity contribution is 0.111. The Labute approximate surface area is 163 Å². The van der Waals surface area contributed by atoms with E-state index in [-0.39, 0.29) is 12.5 Å². The van der Waals surface area contributed by atoms with Gasteiger partial charge in [-0.1, -0.05) is 72.8 Å². The van der Waals surface area contributed by atoms with Gasteiger partial charge in [0.1, 0.15) is 6.61 Å². The van der Waals surface area contributed by atoms with Crippen molar-refractivity contribution in [2.45, 2.75) is 24.5 Å². The highest BCUT2D eigenvalue weighted by atomic mass is 16.5. The minimum atomic E-state index is -0.627. The highest BCUT2D eigenvalue weighted by molar-refractivity contribution is 5.79. The van der Waals surface area contributed by atoms with Crippen molar-refractivity contribution in [2.24, 2.45) is 0 Å². The standard InChI is InChI=1S/C24H21NO3/c26-22-13-15-7-1-2-8-16(15)23(22)25-24(27)28-14-21-19-11-5-3-9-17(19)18-10-4-6-12-20(18)21/h1-12,21-23,26H,13-14H2,(H,25,27)/t22-,23+/m0/s1. The number of aliphatic hydroxyl groups is 1. The maximum atomic E-state index is 12.5. The van der Waals surface area contributed by atoms with E-state index in [1.54, 1.807) is 0 Å². The van der Waals surface area contributed by atoms with Crippen LogP contribution in [0, 0.1) is 0 Å². The van der Waals surface area contributed by atoms with Crippen LogP contribution < -0.4 is 5.32 Å². The molecule has 0 fully saturated rings. The van der Waals surface area contributed by atoms with Crippen LogP contribution in [-0.4, -0.2) is 23.9 Å². The van der Waals surface area contributed by atoms with Crippen molar-refractivity contribution < 1.29 is 14.6 Å². The number of hydrogen-bond donors (Lipinski definition) is 2. The normalized spacial score (nSPS) is 19.6. The molecule has 1 amide bonds. The van der Waals surface area contributed by atoms with Gasteiger partial charge < -0.3 is 15.2 Å². The Morgan fingerprint density at radius 1 is 0.893 bits per heavy atom. The van der Waals surface area contributed by atoms with Crippen molar-refractivity contribution in [3.63, 3.8) is 0 Å². The van der Waals surface area contributed by atoms with Crippen LogP contribution in [0.4, 0.5) is 4.79 Å². The second-order valence-corrected chi connectivity index (χ2v) is 7.42. The number of amides is 1. The fourth-order valence-electron chi connectivity index (χ4n) is 4.51. The first-order chi connectivity index (χ1) is 13.7. The Morgan fingerprint density at radius 3 is 2.14 bits per heavy atom. The van der Waals surface area contributed by atoms with Crippen molar-refractivity contribution in [3.8, 4) is 11.1 Å². The summed E-state index contributed by atoms with van der Waals surface area (Å²) in [6.07, 6.45) is -0.578. The fourth-order valence-corrected chi connectivity index (χ4v) is 4.51. The molecule has 2 aliphatic rings. The molecule has 0 spiro atoms. The third-order valence-electron chi connectivity index (χ3n) is 5.82. The summed E-state index contributed by atoms with van der Waals surface area (Å²) in [4.78, 5) is 12.5. The molecule has 0 bridgehead atoms. The number of hydrogen-bond acceptors (Lipinski definition) is 3. The highest BCUT2D eigenvalue weighted by Crippen LogP contribution is 2.44. The summed E-state index contributed by atoms with van der Waals surface area (Å²) in [5.41, 5.74) is 6.80. The van der Waals surface area contributed by atoms with Crippen molar-refractivity contribution in [3.05, 3.63) is 95.1 Å². The summed E-state index contributed by atoms with van der Waals surface area (Å²) in [6.45, 7) is 0.268. The van der Waals surface area contributed by atoms with Crippen LogP contribution >= 0.6 is 0 Å². The monoisotopic (exact) mass is 371 g/mol. The first-order valence-electron chi connectivity index (χ1n) is 9.60. The van der Waals surface area contributed by atoms with Gasteiger partial charge in [0.2, 0.25) is 0 Å². The topological polar surface area (TPSA) is 58.6 Å². The van der Waals surface area contributed by atoms with Gasteiger partial charge in [-0.05, 0) is 33.4 Å². The van der Waals surface area contributed by atoms with Crippen LogP contribution in [0.1, 0.15) is 34.2 Å². The molecule has 0 saturated heterocycles. The lowest BCUT2D eigenvalue weighted by atomic mass is 9.98. The predicted molar refractivity (Wildman–Crippen MR) is 107 cm³/mol. The largest absolute Gasteiger partial charge is 0.449 e. The Kier molecular flexibility index (Phi) is 4.14. The van der Waals surface area contributed by atoms with E-state index in [0.717, 1.165) is 11.1 Å². The number of ether oxygens (including phenoxy) is 1. The minimum absolute atomic E-state index is 0.0268. The van der Waals surface area contributed by atoms with Gasteiger partial charge in [0.25, 0.3) is 0 Å². The molecular weight excluding hydrogens is 350 g/mol. The molecule has 28 heavy (non-hydrogen) atoms. The number of benzene rings is 3. The van der Waals surface area contributed by atoms with E-state index in [9.17, 15) is 9.90 Å². The number of alkyl carbamates (subject to hydrolysis) is 1. The lowest BCUT2D eigenvalue weighted by Gasteiger charge is -2.19. The van der Waals surface area contributed by atoms with Gasteiger partial charge in [-0.3, -0.25) is 0 Å². The molecule has 0 heterocycles. The molecule has 2 aliphatic carbocycles. The third kappa shape index (κ3) is 2.77. The summed E-state index contributed by atoms with van der Waals surface area (Å²) >= 11 is 0. The predicted octanol–water partition coefficient (Wildman–Crippen LogP) is 4.18. The van der Waals surface area contributed by atoms with Crippen molar-refractivity contribution in [1.29, 1.82) is 0 Å². The van der Waals surface area contributed by atoms with Gasteiger partial charge in [-0.2, -0.15) is 0 Å². The van der Waals surface area contributed by atoms with Gasteiger partial charge >= 0.3 is 6.09 Å². The molecule has 2 atom stereocenters. The van der Waals surface area contributed by atoms with Crippen LogP contribution in [0.3, 0.4) is 0 Å². The van der Waals surface area contributed by atoms with Crippen molar-refractivity contribution in [2.75, 3.05) is 6.61 Å². The van der Waals surface area contributed by atoms with Crippen LogP contribution in [0.15, 0.2) is 72.8 Å². The third-order valence-corrected chi connectivity index (χ3v) is 5.82. The Balaban J connectivity index is 1.31. The highest BCUT2D eigenvalue weighted by Gasteiger charge is 2.33. The molecule has 0 aliphatic heterocycles. The smallest absolute Gasteiger partial charge is 0.407 e. The maximum absolute atomic E-state index is 12.5. The van der Waals surface area contributed by atoms with Crippen molar-refractivity contribution in [1.82, 2.24) is 5.32 Å². The summed E-state index contributed by atoms with van der Waals surface area (Å²) in [7, 11) is 0.